The van der Waals surface area contributed by atoms with E-state index in [0.717, 1.165) is 57.8 Å². The highest BCUT2D eigenvalue weighted by molar-refractivity contribution is 7.47. The van der Waals surface area contributed by atoms with E-state index in [1.807, 2.05) is 6.08 Å². The fourth-order valence-electron chi connectivity index (χ4n) is 4.90. The molecule has 0 fully saturated rings. The van der Waals surface area contributed by atoms with Crippen molar-refractivity contribution in [1.82, 2.24) is 5.32 Å². The van der Waals surface area contributed by atoms with Crippen molar-refractivity contribution in [2.45, 2.75) is 167 Å². The molecular weight excluding hydrogens is 587 g/mol. The summed E-state index contributed by atoms with van der Waals surface area (Å²) in [5.74, 6) is -0.217. The summed E-state index contributed by atoms with van der Waals surface area (Å²) in [4.78, 5) is 22.5. The standard InChI is InChI=1S/C36H69N2O6P/c1-3-5-7-9-11-13-15-17-18-19-21-23-25-27-29-35(39)34(33-44-45(41,42)43-32-31-37)38-36(40)30-28-26-24-22-20-16-14-12-10-8-6-4-2/h12,14,19,21,27,29,34-35,39H,3-11,13,15-18,20,22-26,28,30-33,37H2,1-2H3,(H,38,40)(H,41,42)/b14-12-,21-19+,29-27+. The number of hydrogen-bond donors (Lipinski definition) is 4. The summed E-state index contributed by atoms with van der Waals surface area (Å²) in [7, 11) is -4.34. The number of phosphoric acid groups is 1. The van der Waals surface area contributed by atoms with Gasteiger partial charge in [0.1, 0.15) is 0 Å². The molecule has 45 heavy (non-hydrogen) atoms. The first-order valence-electron chi connectivity index (χ1n) is 18.1. The zero-order chi connectivity index (χ0) is 33.3. The molecule has 1 amide bonds. The number of aliphatic hydroxyl groups excluding tert-OH is 1. The second-order valence-corrected chi connectivity index (χ2v) is 13.5. The van der Waals surface area contributed by atoms with Crippen molar-refractivity contribution in [3.63, 3.8) is 0 Å². The average Bonchev–Trinajstić information content (AvgIpc) is 3.02. The number of aliphatic hydroxyl groups is 1. The third-order valence-electron chi connectivity index (χ3n) is 7.69. The van der Waals surface area contributed by atoms with Gasteiger partial charge in [0.15, 0.2) is 0 Å². The van der Waals surface area contributed by atoms with Crippen LogP contribution in [0.2, 0.25) is 0 Å². The van der Waals surface area contributed by atoms with Crippen LogP contribution >= 0.6 is 7.82 Å². The van der Waals surface area contributed by atoms with Crippen LogP contribution in [0.25, 0.3) is 0 Å². The smallest absolute Gasteiger partial charge is 0.387 e. The SMILES string of the molecule is CCCCC/C=C\CCCCCCCC(=O)NC(COP(=O)(O)OCCN)C(O)/C=C/CC/C=C/CCCCCCCCCC. The lowest BCUT2D eigenvalue weighted by Gasteiger charge is -2.23. The van der Waals surface area contributed by atoms with E-state index < -0.39 is 20.0 Å². The Morgan fingerprint density at radius 2 is 1.18 bits per heavy atom. The van der Waals surface area contributed by atoms with Crippen LogP contribution in [0, 0.1) is 0 Å². The summed E-state index contributed by atoms with van der Waals surface area (Å²) >= 11 is 0. The van der Waals surface area contributed by atoms with E-state index >= 15 is 0 Å². The number of phosphoric ester groups is 1. The fraction of sp³-hybridized carbons (Fsp3) is 0.806. The molecule has 0 saturated carbocycles. The van der Waals surface area contributed by atoms with Crippen molar-refractivity contribution in [2.75, 3.05) is 19.8 Å². The largest absolute Gasteiger partial charge is 0.472 e. The second kappa shape index (κ2) is 32.7. The van der Waals surface area contributed by atoms with Crippen molar-refractivity contribution in [1.29, 1.82) is 0 Å². The van der Waals surface area contributed by atoms with Gasteiger partial charge in [-0.3, -0.25) is 13.8 Å². The zero-order valence-electron chi connectivity index (χ0n) is 28.8. The number of unbranched alkanes of at least 4 members (excludes halogenated alkanes) is 17. The lowest BCUT2D eigenvalue weighted by atomic mass is 10.1. The van der Waals surface area contributed by atoms with Gasteiger partial charge in [0, 0.05) is 13.0 Å². The zero-order valence-corrected chi connectivity index (χ0v) is 29.7. The molecule has 0 aromatic rings. The summed E-state index contributed by atoms with van der Waals surface area (Å²) in [5, 5.41) is 13.5. The molecule has 264 valence electrons. The number of nitrogens with two attached hydrogens (primary N) is 1. The molecule has 0 aromatic heterocycles. The molecule has 5 N–H and O–H groups in total. The number of rotatable bonds is 33. The molecule has 0 aromatic carbocycles. The van der Waals surface area contributed by atoms with E-state index in [1.165, 1.54) is 77.0 Å². The summed E-state index contributed by atoms with van der Waals surface area (Å²) in [6, 6.07) is -0.877. The topological polar surface area (TPSA) is 131 Å². The van der Waals surface area contributed by atoms with Crippen molar-refractivity contribution in [3.05, 3.63) is 36.5 Å². The minimum atomic E-state index is -4.34. The van der Waals surface area contributed by atoms with Crippen LogP contribution in [-0.2, 0) is 18.4 Å². The Kier molecular flexibility index (Phi) is 31.7. The van der Waals surface area contributed by atoms with Crippen molar-refractivity contribution in [3.8, 4) is 0 Å². The van der Waals surface area contributed by atoms with E-state index in [-0.39, 0.29) is 25.7 Å². The molecule has 0 radical (unpaired) electrons. The third-order valence-corrected chi connectivity index (χ3v) is 8.67. The predicted octanol–water partition coefficient (Wildman–Crippen LogP) is 9.22. The van der Waals surface area contributed by atoms with E-state index in [9.17, 15) is 19.4 Å². The Bertz CT molecular complexity index is 804. The molecule has 0 aliphatic heterocycles. The lowest BCUT2D eigenvalue weighted by Crippen LogP contribution is -2.45. The highest BCUT2D eigenvalue weighted by atomic mass is 31.2. The first-order chi connectivity index (χ1) is 21.9. The van der Waals surface area contributed by atoms with Crippen LogP contribution in [0.3, 0.4) is 0 Å². The van der Waals surface area contributed by atoms with Gasteiger partial charge in [0.25, 0.3) is 0 Å². The van der Waals surface area contributed by atoms with E-state index in [2.05, 4.69) is 43.5 Å². The molecule has 9 heteroatoms. The van der Waals surface area contributed by atoms with Gasteiger partial charge in [-0.1, -0.05) is 127 Å². The van der Waals surface area contributed by atoms with Crippen LogP contribution < -0.4 is 11.1 Å². The van der Waals surface area contributed by atoms with Crippen molar-refractivity contribution in [2.24, 2.45) is 5.73 Å². The van der Waals surface area contributed by atoms with Crippen molar-refractivity contribution >= 4 is 13.7 Å². The quantitative estimate of drug-likeness (QED) is 0.0315. The fourth-order valence-corrected chi connectivity index (χ4v) is 5.66. The molecule has 0 spiro atoms. The molecule has 8 nitrogen and oxygen atoms in total. The Morgan fingerprint density at radius 1 is 0.711 bits per heavy atom. The maximum atomic E-state index is 12.6. The predicted molar refractivity (Wildman–Crippen MR) is 189 cm³/mol. The monoisotopic (exact) mass is 656 g/mol. The van der Waals surface area contributed by atoms with E-state index in [1.54, 1.807) is 6.08 Å². The van der Waals surface area contributed by atoms with Gasteiger partial charge in [-0.2, -0.15) is 0 Å². The minimum absolute atomic E-state index is 0.0722. The number of carbonyl (C=O) groups excluding carboxylic acids is 1. The van der Waals surface area contributed by atoms with Gasteiger partial charge in [-0.05, 0) is 57.8 Å². The van der Waals surface area contributed by atoms with Crippen LogP contribution in [0.4, 0.5) is 0 Å². The van der Waals surface area contributed by atoms with E-state index in [0.29, 0.717) is 6.42 Å². The van der Waals surface area contributed by atoms with Gasteiger partial charge >= 0.3 is 7.82 Å². The van der Waals surface area contributed by atoms with E-state index in [4.69, 9.17) is 14.8 Å². The number of hydrogen-bond acceptors (Lipinski definition) is 6. The van der Waals surface area contributed by atoms with Gasteiger partial charge in [0.05, 0.1) is 25.4 Å². The molecule has 0 bridgehead atoms. The highest BCUT2D eigenvalue weighted by Crippen LogP contribution is 2.43. The third kappa shape index (κ3) is 31.1. The summed E-state index contributed by atoms with van der Waals surface area (Å²) < 4.78 is 22.0. The first-order valence-corrected chi connectivity index (χ1v) is 19.6. The van der Waals surface area contributed by atoms with Crippen LogP contribution in [0.5, 0.6) is 0 Å². The molecular formula is C36H69N2O6P. The number of allylic oxidation sites excluding steroid dienone is 5. The molecule has 0 rings (SSSR count). The van der Waals surface area contributed by atoms with Gasteiger partial charge in [0.2, 0.25) is 5.91 Å². The minimum Gasteiger partial charge on any atom is -0.387 e. The van der Waals surface area contributed by atoms with Crippen LogP contribution in [0.15, 0.2) is 36.5 Å². The molecule has 3 unspecified atom stereocenters. The highest BCUT2D eigenvalue weighted by Gasteiger charge is 2.26. The normalized spacial score (nSPS) is 14.9. The van der Waals surface area contributed by atoms with Gasteiger partial charge in [-0.25, -0.2) is 4.57 Å². The molecule has 0 heterocycles. The molecule has 0 aliphatic rings. The van der Waals surface area contributed by atoms with Gasteiger partial charge in [-0.15, -0.1) is 0 Å². The molecule has 0 aliphatic carbocycles. The Labute approximate surface area is 276 Å². The Balaban J connectivity index is 4.43. The van der Waals surface area contributed by atoms with Crippen LogP contribution in [0.1, 0.15) is 155 Å². The lowest BCUT2D eigenvalue weighted by molar-refractivity contribution is -0.123. The molecule has 0 saturated heterocycles. The maximum Gasteiger partial charge on any atom is 0.472 e. The van der Waals surface area contributed by atoms with Crippen LogP contribution in [-0.4, -0.2) is 47.8 Å². The second-order valence-electron chi connectivity index (χ2n) is 12.1. The Hall–Kier alpha value is -1.28. The molecule has 3 atom stereocenters. The number of amides is 1. The first kappa shape index (κ1) is 43.7. The van der Waals surface area contributed by atoms with Crippen molar-refractivity contribution < 1.29 is 28.4 Å². The maximum absolute atomic E-state index is 12.6. The number of nitrogens with one attached hydrogen (secondary N) is 1. The summed E-state index contributed by atoms with van der Waals surface area (Å²) in [5.41, 5.74) is 5.34. The Morgan fingerprint density at radius 3 is 1.76 bits per heavy atom. The average molecular weight is 657 g/mol. The summed E-state index contributed by atoms with van der Waals surface area (Å²) in [6.07, 6.45) is 36.2. The summed E-state index contributed by atoms with van der Waals surface area (Å²) in [6.45, 7) is 4.05. The van der Waals surface area contributed by atoms with Gasteiger partial charge < -0.3 is 21.1 Å². The number of carbonyl (C=O) groups is 1.